The smallest absolute Gasteiger partial charge is 0.170 e. The lowest BCUT2D eigenvalue weighted by Gasteiger charge is -2.10. The summed E-state index contributed by atoms with van der Waals surface area (Å²) in [5, 5.41) is 11.9. The Labute approximate surface area is 126 Å². The number of rotatable bonds is 4. The van der Waals surface area contributed by atoms with Crippen molar-refractivity contribution in [1.29, 1.82) is 0 Å². The maximum absolute atomic E-state index is 13.9. The molecular weight excluding hydrogens is 295 g/mol. The molecule has 0 unspecified atom stereocenters. The molecular formula is C15H14ClFN2O2. The molecule has 0 saturated carbocycles. The van der Waals surface area contributed by atoms with Crippen molar-refractivity contribution in [2.45, 2.75) is 13.5 Å². The van der Waals surface area contributed by atoms with E-state index >= 15 is 0 Å². The lowest BCUT2D eigenvalue weighted by atomic mass is 10.1. The van der Waals surface area contributed by atoms with Gasteiger partial charge < -0.3 is 15.7 Å². The van der Waals surface area contributed by atoms with Crippen molar-refractivity contribution in [3.05, 3.63) is 63.9 Å². The molecule has 0 aliphatic heterocycles. The standard InChI is InChI=1S/C15H14ClFN2O2/c1-9-2-5-14(12(16)6-9)21-8-11-4-3-10(7-13(11)17)15(18)19-20/h2-7,20H,8H2,1H3,(H2,18,19). The highest BCUT2D eigenvalue weighted by molar-refractivity contribution is 6.32. The van der Waals surface area contributed by atoms with Crippen LogP contribution in [0.4, 0.5) is 4.39 Å². The molecule has 110 valence electrons. The summed E-state index contributed by atoms with van der Waals surface area (Å²) < 4.78 is 19.4. The van der Waals surface area contributed by atoms with Crippen LogP contribution in [0.2, 0.25) is 5.02 Å². The van der Waals surface area contributed by atoms with Crippen molar-refractivity contribution in [2.24, 2.45) is 10.9 Å². The van der Waals surface area contributed by atoms with Gasteiger partial charge in [-0.2, -0.15) is 0 Å². The number of benzene rings is 2. The summed E-state index contributed by atoms with van der Waals surface area (Å²) in [6, 6.07) is 9.62. The number of aryl methyl sites for hydroxylation is 1. The predicted octanol–water partition coefficient (Wildman–Crippen LogP) is 3.46. The Morgan fingerprint density at radius 3 is 2.71 bits per heavy atom. The van der Waals surface area contributed by atoms with Crippen LogP contribution in [0.3, 0.4) is 0 Å². The van der Waals surface area contributed by atoms with Gasteiger partial charge in [-0.3, -0.25) is 0 Å². The summed E-state index contributed by atoms with van der Waals surface area (Å²) in [6.07, 6.45) is 0. The lowest BCUT2D eigenvalue weighted by Crippen LogP contribution is -2.13. The van der Waals surface area contributed by atoms with Crippen molar-refractivity contribution in [3.8, 4) is 5.75 Å². The van der Waals surface area contributed by atoms with Crippen LogP contribution >= 0.6 is 11.6 Å². The second-order valence-electron chi connectivity index (χ2n) is 4.51. The molecule has 0 fully saturated rings. The highest BCUT2D eigenvalue weighted by atomic mass is 35.5. The van der Waals surface area contributed by atoms with E-state index in [1.54, 1.807) is 18.2 Å². The van der Waals surface area contributed by atoms with Crippen LogP contribution in [0.5, 0.6) is 5.75 Å². The average molecular weight is 309 g/mol. The first kappa shape index (κ1) is 15.1. The van der Waals surface area contributed by atoms with Gasteiger partial charge in [0, 0.05) is 11.1 Å². The third-order valence-electron chi connectivity index (χ3n) is 2.93. The van der Waals surface area contributed by atoms with Gasteiger partial charge in [0.25, 0.3) is 0 Å². The lowest BCUT2D eigenvalue weighted by molar-refractivity contribution is 0.300. The van der Waals surface area contributed by atoms with Gasteiger partial charge in [0.1, 0.15) is 18.2 Å². The quantitative estimate of drug-likeness (QED) is 0.393. The first-order valence-corrected chi connectivity index (χ1v) is 6.54. The van der Waals surface area contributed by atoms with Gasteiger partial charge in [0.05, 0.1) is 5.02 Å². The molecule has 0 atom stereocenters. The minimum absolute atomic E-state index is 0.0328. The van der Waals surface area contributed by atoms with Crippen LogP contribution in [0.1, 0.15) is 16.7 Å². The fourth-order valence-electron chi connectivity index (χ4n) is 1.76. The van der Waals surface area contributed by atoms with E-state index in [0.717, 1.165) is 5.56 Å². The second-order valence-corrected chi connectivity index (χ2v) is 4.92. The van der Waals surface area contributed by atoms with Crippen LogP contribution in [0.25, 0.3) is 0 Å². The van der Waals surface area contributed by atoms with Crippen LogP contribution in [-0.4, -0.2) is 11.0 Å². The van der Waals surface area contributed by atoms with Crippen molar-refractivity contribution in [3.63, 3.8) is 0 Å². The molecule has 0 aromatic heterocycles. The monoisotopic (exact) mass is 308 g/mol. The largest absolute Gasteiger partial charge is 0.487 e. The van der Waals surface area contributed by atoms with Gasteiger partial charge in [0.15, 0.2) is 5.84 Å². The maximum atomic E-state index is 13.9. The van der Waals surface area contributed by atoms with Crippen molar-refractivity contribution >= 4 is 17.4 Å². The zero-order valence-corrected chi connectivity index (χ0v) is 12.1. The molecule has 0 spiro atoms. The molecule has 2 aromatic rings. The number of halogens is 2. The van der Waals surface area contributed by atoms with E-state index in [9.17, 15) is 4.39 Å². The van der Waals surface area contributed by atoms with Crippen LogP contribution < -0.4 is 10.5 Å². The van der Waals surface area contributed by atoms with Crippen molar-refractivity contribution < 1.29 is 14.3 Å². The molecule has 0 saturated heterocycles. The number of hydrogen-bond acceptors (Lipinski definition) is 3. The Morgan fingerprint density at radius 1 is 1.33 bits per heavy atom. The Morgan fingerprint density at radius 2 is 2.10 bits per heavy atom. The minimum Gasteiger partial charge on any atom is -0.487 e. The highest BCUT2D eigenvalue weighted by Gasteiger charge is 2.08. The van der Waals surface area contributed by atoms with E-state index in [2.05, 4.69) is 5.16 Å². The number of amidine groups is 1. The third kappa shape index (κ3) is 3.64. The first-order valence-electron chi connectivity index (χ1n) is 6.16. The molecule has 21 heavy (non-hydrogen) atoms. The van der Waals surface area contributed by atoms with Crippen LogP contribution in [-0.2, 0) is 6.61 Å². The summed E-state index contributed by atoms with van der Waals surface area (Å²) in [5.41, 5.74) is 7.06. The van der Waals surface area contributed by atoms with Crippen molar-refractivity contribution in [2.75, 3.05) is 0 Å². The molecule has 4 nitrogen and oxygen atoms in total. The Balaban J connectivity index is 2.13. The van der Waals surface area contributed by atoms with Gasteiger partial charge in [-0.15, -0.1) is 0 Å². The molecule has 2 rings (SSSR count). The van der Waals surface area contributed by atoms with E-state index in [1.807, 2.05) is 13.0 Å². The van der Waals surface area contributed by atoms with E-state index in [4.69, 9.17) is 27.3 Å². The summed E-state index contributed by atoms with van der Waals surface area (Å²) in [4.78, 5) is 0. The highest BCUT2D eigenvalue weighted by Crippen LogP contribution is 2.26. The van der Waals surface area contributed by atoms with Crippen LogP contribution in [0.15, 0.2) is 41.6 Å². The number of nitrogens with two attached hydrogens (primary N) is 1. The molecule has 0 aliphatic carbocycles. The Bertz CT molecular complexity index is 689. The van der Waals surface area contributed by atoms with Gasteiger partial charge in [0.2, 0.25) is 0 Å². The van der Waals surface area contributed by atoms with E-state index in [-0.39, 0.29) is 12.4 Å². The molecule has 0 heterocycles. The Hall–Kier alpha value is -2.27. The van der Waals surface area contributed by atoms with Crippen LogP contribution in [0, 0.1) is 12.7 Å². The van der Waals surface area contributed by atoms with Crippen molar-refractivity contribution in [1.82, 2.24) is 0 Å². The molecule has 0 amide bonds. The minimum atomic E-state index is -0.498. The molecule has 2 aromatic carbocycles. The number of oxime groups is 1. The van der Waals surface area contributed by atoms with E-state index in [0.29, 0.717) is 21.9 Å². The molecule has 0 aliphatic rings. The number of ether oxygens (including phenoxy) is 1. The zero-order valence-electron chi connectivity index (χ0n) is 11.3. The second kappa shape index (κ2) is 6.45. The van der Waals surface area contributed by atoms with E-state index in [1.165, 1.54) is 12.1 Å². The van der Waals surface area contributed by atoms with Gasteiger partial charge in [-0.25, -0.2) is 4.39 Å². The summed E-state index contributed by atoms with van der Waals surface area (Å²) in [5.74, 6) is -0.160. The van der Waals surface area contributed by atoms with E-state index < -0.39 is 5.82 Å². The maximum Gasteiger partial charge on any atom is 0.170 e. The first-order chi connectivity index (χ1) is 10.0. The molecule has 6 heteroatoms. The molecule has 3 N–H and O–H groups in total. The Kier molecular flexibility index (Phi) is 4.65. The fourth-order valence-corrected chi connectivity index (χ4v) is 2.05. The molecule has 0 bridgehead atoms. The summed E-state index contributed by atoms with van der Waals surface area (Å²) in [6.45, 7) is 1.95. The summed E-state index contributed by atoms with van der Waals surface area (Å²) >= 11 is 6.04. The topological polar surface area (TPSA) is 67.8 Å². The summed E-state index contributed by atoms with van der Waals surface area (Å²) in [7, 11) is 0. The average Bonchev–Trinajstić information content (AvgIpc) is 2.46. The number of nitrogens with zero attached hydrogens (tertiary/aromatic N) is 1. The zero-order chi connectivity index (χ0) is 15.4. The van der Waals surface area contributed by atoms with Gasteiger partial charge in [-0.05, 0) is 30.7 Å². The third-order valence-corrected chi connectivity index (χ3v) is 3.22. The SMILES string of the molecule is Cc1ccc(OCc2ccc(C(N)=NO)cc2F)c(Cl)c1. The van der Waals surface area contributed by atoms with Gasteiger partial charge >= 0.3 is 0 Å². The fraction of sp³-hybridized carbons (Fsp3) is 0.133. The predicted molar refractivity (Wildman–Crippen MR) is 79.4 cm³/mol. The normalized spacial score (nSPS) is 11.5. The number of hydrogen-bond donors (Lipinski definition) is 2. The molecule has 0 radical (unpaired) electrons. The van der Waals surface area contributed by atoms with Gasteiger partial charge in [-0.1, -0.05) is 35.0 Å².